The minimum absolute atomic E-state index is 0.128. The van der Waals surface area contributed by atoms with Gasteiger partial charge in [0.1, 0.15) is 0 Å². The van der Waals surface area contributed by atoms with Crippen LogP contribution in [0, 0.1) is 23.4 Å². The van der Waals surface area contributed by atoms with Gasteiger partial charge in [-0.1, -0.05) is 94.8 Å². The predicted octanol–water partition coefficient (Wildman–Crippen LogP) is 10.2. The highest BCUT2D eigenvalue weighted by molar-refractivity contribution is 5.64. The number of unbranched alkanes of at least 4 members (excludes halogenated alkanes) is 4. The van der Waals surface area contributed by atoms with Gasteiger partial charge in [-0.05, 0) is 83.9 Å². The Morgan fingerprint density at radius 2 is 1.45 bits per heavy atom. The van der Waals surface area contributed by atoms with Crippen LogP contribution in [-0.4, -0.2) is 6.61 Å². The summed E-state index contributed by atoms with van der Waals surface area (Å²) in [7, 11) is 0. The molecule has 0 unspecified atom stereocenters. The van der Waals surface area contributed by atoms with Crippen molar-refractivity contribution < 1.29 is 17.9 Å². The van der Waals surface area contributed by atoms with Crippen LogP contribution in [0.15, 0.2) is 54.6 Å². The molecule has 0 heterocycles. The number of benzene rings is 3. The molecule has 0 aliphatic heterocycles. The van der Waals surface area contributed by atoms with Gasteiger partial charge in [-0.15, -0.1) is 0 Å². The molecule has 3 aromatic rings. The van der Waals surface area contributed by atoms with Gasteiger partial charge < -0.3 is 4.74 Å². The molecular weight excluding hydrogens is 481 g/mol. The lowest BCUT2D eigenvalue weighted by Gasteiger charge is -2.27. The maximum absolute atomic E-state index is 14.9. The standard InChI is InChI=1S/C34H41F3O/c1-3-4-5-6-7-22-38-32-21-19-29(23-31(32)35)26-15-10-25(11-16-26)12-17-28-18-20-30(34(37)33(28)36)27-13-8-24(2)9-14-27/h10-11,15-16,18-21,23-24,27H,3-9,12-14,17,22H2,1-2H3. The Labute approximate surface area is 226 Å². The number of halogens is 3. The lowest BCUT2D eigenvalue weighted by molar-refractivity contribution is 0.290. The van der Waals surface area contributed by atoms with Crippen LogP contribution in [-0.2, 0) is 12.8 Å². The second-order valence-electron chi connectivity index (χ2n) is 11.0. The van der Waals surface area contributed by atoms with Gasteiger partial charge in [0.25, 0.3) is 0 Å². The Morgan fingerprint density at radius 1 is 0.737 bits per heavy atom. The lowest BCUT2D eigenvalue weighted by Crippen LogP contribution is -2.13. The van der Waals surface area contributed by atoms with Crippen molar-refractivity contribution in [2.24, 2.45) is 5.92 Å². The smallest absolute Gasteiger partial charge is 0.165 e. The van der Waals surface area contributed by atoms with E-state index in [1.165, 1.54) is 25.3 Å². The van der Waals surface area contributed by atoms with Crippen LogP contribution in [0.25, 0.3) is 11.1 Å². The summed E-state index contributed by atoms with van der Waals surface area (Å²) in [6.07, 6.45) is 10.7. The molecule has 1 aliphatic rings. The van der Waals surface area contributed by atoms with Gasteiger partial charge in [-0.3, -0.25) is 0 Å². The number of aryl methyl sites for hydroxylation is 2. The minimum atomic E-state index is -0.698. The minimum Gasteiger partial charge on any atom is -0.491 e. The second kappa shape index (κ2) is 13.9. The van der Waals surface area contributed by atoms with E-state index in [1.807, 2.05) is 30.3 Å². The summed E-state index contributed by atoms with van der Waals surface area (Å²) in [6.45, 7) is 4.94. The maximum atomic E-state index is 14.9. The van der Waals surface area contributed by atoms with Gasteiger partial charge in [0.15, 0.2) is 23.2 Å². The molecule has 1 fully saturated rings. The van der Waals surface area contributed by atoms with E-state index in [0.717, 1.165) is 55.2 Å². The fraction of sp³-hybridized carbons (Fsp3) is 0.471. The average molecular weight is 523 g/mol. The zero-order valence-corrected chi connectivity index (χ0v) is 22.9. The third kappa shape index (κ3) is 7.42. The van der Waals surface area contributed by atoms with Crippen LogP contribution < -0.4 is 4.74 Å². The number of rotatable bonds is 12. The Balaban J connectivity index is 1.31. The van der Waals surface area contributed by atoms with Crippen molar-refractivity contribution in [2.75, 3.05) is 6.61 Å². The fourth-order valence-electron chi connectivity index (χ4n) is 5.51. The Morgan fingerprint density at radius 3 is 2.16 bits per heavy atom. The monoisotopic (exact) mass is 522 g/mol. The topological polar surface area (TPSA) is 9.23 Å². The zero-order valence-electron chi connectivity index (χ0n) is 22.9. The van der Waals surface area contributed by atoms with Gasteiger partial charge in [-0.25, -0.2) is 13.2 Å². The molecule has 204 valence electrons. The van der Waals surface area contributed by atoms with Crippen LogP contribution in [0.5, 0.6) is 5.75 Å². The molecule has 0 aromatic heterocycles. The van der Waals surface area contributed by atoms with Gasteiger partial charge >= 0.3 is 0 Å². The number of ether oxygens (including phenoxy) is 1. The molecule has 0 amide bonds. The summed E-state index contributed by atoms with van der Waals surface area (Å²) in [6, 6.07) is 16.5. The molecule has 1 saturated carbocycles. The van der Waals surface area contributed by atoms with E-state index >= 15 is 0 Å². The highest BCUT2D eigenvalue weighted by Gasteiger charge is 2.24. The molecule has 3 aromatic carbocycles. The van der Waals surface area contributed by atoms with E-state index in [-0.39, 0.29) is 11.7 Å². The third-order valence-electron chi connectivity index (χ3n) is 8.06. The maximum Gasteiger partial charge on any atom is 0.165 e. The molecule has 1 aliphatic carbocycles. The van der Waals surface area contributed by atoms with E-state index < -0.39 is 11.6 Å². The van der Waals surface area contributed by atoms with Crippen LogP contribution >= 0.6 is 0 Å². The van der Waals surface area contributed by atoms with Crippen LogP contribution in [0.4, 0.5) is 13.2 Å². The molecule has 0 radical (unpaired) electrons. The van der Waals surface area contributed by atoms with Crippen LogP contribution in [0.2, 0.25) is 0 Å². The van der Waals surface area contributed by atoms with E-state index in [2.05, 4.69) is 13.8 Å². The molecule has 0 saturated heterocycles. The quantitative estimate of drug-likeness (QED) is 0.215. The molecule has 0 atom stereocenters. The molecule has 1 nitrogen and oxygen atoms in total. The summed E-state index contributed by atoms with van der Waals surface area (Å²) < 4.78 is 50.0. The van der Waals surface area contributed by atoms with Crippen molar-refractivity contribution in [3.05, 3.63) is 88.7 Å². The predicted molar refractivity (Wildman–Crippen MR) is 150 cm³/mol. The van der Waals surface area contributed by atoms with Crippen LogP contribution in [0.1, 0.15) is 94.2 Å². The van der Waals surface area contributed by atoms with Crippen LogP contribution in [0.3, 0.4) is 0 Å². The largest absolute Gasteiger partial charge is 0.491 e. The number of hydrogen-bond donors (Lipinski definition) is 0. The summed E-state index contributed by atoms with van der Waals surface area (Å²) in [5.74, 6) is -0.627. The molecule has 4 rings (SSSR count). The first kappa shape index (κ1) is 28.3. The Hall–Kier alpha value is -2.75. The van der Waals surface area contributed by atoms with Crippen molar-refractivity contribution in [1.82, 2.24) is 0 Å². The molecule has 0 spiro atoms. The Bertz CT molecular complexity index is 1160. The van der Waals surface area contributed by atoms with Gasteiger partial charge in [-0.2, -0.15) is 0 Å². The van der Waals surface area contributed by atoms with Crippen molar-refractivity contribution in [3.8, 4) is 16.9 Å². The fourth-order valence-corrected chi connectivity index (χ4v) is 5.51. The summed E-state index contributed by atoms with van der Waals surface area (Å²) in [4.78, 5) is 0. The summed E-state index contributed by atoms with van der Waals surface area (Å²) >= 11 is 0. The highest BCUT2D eigenvalue weighted by atomic mass is 19.2. The summed E-state index contributed by atoms with van der Waals surface area (Å²) in [5.41, 5.74) is 3.68. The molecular formula is C34H41F3O. The first-order valence-electron chi connectivity index (χ1n) is 14.4. The SMILES string of the molecule is CCCCCCCOc1ccc(-c2ccc(CCc3ccc(C4CCC(C)CC4)c(F)c3F)cc2)cc1F. The van der Waals surface area contributed by atoms with Gasteiger partial charge in [0.05, 0.1) is 6.61 Å². The first-order valence-corrected chi connectivity index (χ1v) is 14.4. The first-order chi connectivity index (χ1) is 18.5. The molecule has 4 heteroatoms. The van der Waals surface area contributed by atoms with Gasteiger partial charge in [0, 0.05) is 0 Å². The zero-order chi connectivity index (χ0) is 26.9. The van der Waals surface area contributed by atoms with E-state index in [9.17, 15) is 13.2 Å². The third-order valence-corrected chi connectivity index (χ3v) is 8.06. The normalized spacial score (nSPS) is 17.5. The van der Waals surface area contributed by atoms with E-state index in [4.69, 9.17) is 4.74 Å². The second-order valence-corrected chi connectivity index (χ2v) is 11.0. The Kier molecular flexibility index (Phi) is 10.3. The highest BCUT2D eigenvalue weighted by Crippen LogP contribution is 2.37. The van der Waals surface area contributed by atoms with Crippen molar-refractivity contribution in [3.63, 3.8) is 0 Å². The van der Waals surface area contributed by atoms with E-state index in [1.54, 1.807) is 18.2 Å². The average Bonchev–Trinajstić information content (AvgIpc) is 2.93. The molecule has 0 bridgehead atoms. The number of hydrogen-bond acceptors (Lipinski definition) is 1. The van der Waals surface area contributed by atoms with E-state index in [0.29, 0.717) is 42.2 Å². The van der Waals surface area contributed by atoms with Crippen molar-refractivity contribution >= 4 is 0 Å². The van der Waals surface area contributed by atoms with Crippen molar-refractivity contribution in [2.45, 2.75) is 90.4 Å². The van der Waals surface area contributed by atoms with Crippen molar-refractivity contribution in [1.29, 1.82) is 0 Å². The lowest BCUT2D eigenvalue weighted by atomic mass is 9.79. The van der Waals surface area contributed by atoms with Gasteiger partial charge in [0.2, 0.25) is 0 Å². The molecule has 0 N–H and O–H groups in total. The summed E-state index contributed by atoms with van der Waals surface area (Å²) in [5, 5.41) is 0. The molecule has 38 heavy (non-hydrogen) atoms.